The average Bonchev–Trinajstić information content (AvgIpc) is 2.75. The summed E-state index contributed by atoms with van der Waals surface area (Å²) in [7, 11) is 1.52. The summed E-state index contributed by atoms with van der Waals surface area (Å²) in [5.74, 6) is -1.98. The zero-order valence-electron chi connectivity index (χ0n) is 12.2. The molecule has 8 nitrogen and oxygen atoms in total. The minimum Gasteiger partial charge on any atom is -0.481 e. The number of amides is 1. The Morgan fingerprint density at radius 1 is 1.48 bits per heavy atom. The zero-order valence-corrected chi connectivity index (χ0v) is 12.2. The van der Waals surface area contributed by atoms with Crippen LogP contribution >= 0.6 is 0 Å². The SMILES string of the molecule is CC(C)CC(CNC(=O)c1cc([N+](=O)[O-])cn1C)C(=O)O. The van der Waals surface area contributed by atoms with E-state index in [9.17, 15) is 19.7 Å². The van der Waals surface area contributed by atoms with Crippen LogP contribution in [0, 0.1) is 22.0 Å². The summed E-state index contributed by atoms with van der Waals surface area (Å²) in [5, 5.41) is 22.3. The van der Waals surface area contributed by atoms with Gasteiger partial charge in [0.25, 0.3) is 11.6 Å². The third kappa shape index (κ3) is 4.59. The second-order valence-electron chi connectivity index (χ2n) is 5.33. The van der Waals surface area contributed by atoms with Gasteiger partial charge in [0, 0.05) is 19.7 Å². The molecule has 0 spiro atoms. The lowest BCUT2D eigenvalue weighted by Crippen LogP contribution is -2.34. The van der Waals surface area contributed by atoms with Crippen LogP contribution in [0.1, 0.15) is 30.8 Å². The number of nitro groups is 1. The largest absolute Gasteiger partial charge is 0.481 e. The number of aromatic nitrogens is 1. The number of aryl methyl sites for hydroxylation is 1. The van der Waals surface area contributed by atoms with Crippen molar-refractivity contribution in [2.75, 3.05) is 6.54 Å². The number of carboxylic acid groups (broad SMARTS) is 1. The number of hydrogen-bond acceptors (Lipinski definition) is 4. The monoisotopic (exact) mass is 297 g/mol. The molecule has 21 heavy (non-hydrogen) atoms. The van der Waals surface area contributed by atoms with Crippen molar-refractivity contribution in [2.24, 2.45) is 18.9 Å². The third-order valence-electron chi connectivity index (χ3n) is 3.05. The van der Waals surface area contributed by atoms with E-state index in [0.717, 1.165) is 6.07 Å². The maximum atomic E-state index is 12.0. The molecule has 0 saturated heterocycles. The second-order valence-corrected chi connectivity index (χ2v) is 5.33. The van der Waals surface area contributed by atoms with Crippen molar-refractivity contribution < 1.29 is 19.6 Å². The van der Waals surface area contributed by atoms with E-state index >= 15 is 0 Å². The van der Waals surface area contributed by atoms with Crippen LogP contribution in [0.4, 0.5) is 5.69 Å². The van der Waals surface area contributed by atoms with Gasteiger partial charge in [-0.05, 0) is 12.3 Å². The van der Waals surface area contributed by atoms with E-state index in [4.69, 9.17) is 5.11 Å². The highest BCUT2D eigenvalue weighted by Gasteiger charge is 2.22. The molecule has 8 heteroatoms. The van der Waals surface area contributed by atoms with E-state index in [-0.39, 0.29) is 23.8 Å². The van der Waals surface area contributed by atoms with Crippen LogP contribution in [0.15, 0.2) is 12.3 Å². The predicted molar refractivity (Wildman–Crippen MR) is 75.0 cm³/mol. The number of nitrogens with zero attached hydrogens (tertiary/aromatic N) is 2. The number of carbonyl (C=O) groups excluding carboxylic acids is 1. The summed E-state index contributed by atoms with van der Waals surface area (Å²) in [6.07, 6.45) is 1.68. The van der Waals surface area contributed by atoms with Gasteiger partial charge in [-0.3, -0.25) is 19.7 Å². The van der Waals surface area contributed by atoms with Crippen LogP contribution in [0.3, 0.4) is 0 Å². The van der Waals surface area contributed by atoms with Crippen LogP contribution in [-0.2, 0) is 11.8 Å². The van der Waals surface area contributed by atoms with E-state index in [2.05, 4.69) is 5.32 Å². The first-order valence-corrected chi connectivity index (χ1v) is 6.54. The van der Waals surface area contributed by atoms with Gasteiger partial charge in [-0.25, -0.2) is 0 Å². The Morgan fingerprint density at radius 2 is 2.10 bits per heavy atom. The Bertz CT molecular complexity index is 550. The Morgan fingerprint density at radius 3 is 2.52 bits per heavy atom. The van der Waals surface area contributed by atoms with Gasteiger partial charge in [0.05, 0.1) is 17.0 Å². The quantitative estimate of drug-likeness (QED) is 0.583. The fraction of sp³-hybridized carbons (Fsp3) is 0.538. The highest BCUT2D eigenvalue weighted by Crippen LogP contribution is 2.16. The van der Waals surface area contributed by atoms with Gasteiger partial charge in [0.15, 0.2) is 0 Å². The topological polar surface area (TPSA) is 114 Å². The number of nitrogens with one attached hydrogen (secondary N) is 1. The van der Waals surface area contributed by atoms with Gasteiger partial charge in [0.2, 0.25) is 0 Å². The summed E-state index contributed by atoms with van der Waals surface area (Å²) in [4.78, 5) is 33.1. The van der Waals surface area contributed by atoms with Crippen LogP contribution in [0.2, 0.25) is 0 Å². The molecule has 1 aromatic rings. The van der Waals surface area contributed by atoms with E-state index in [1.54, 1.807) is 0 Å². The number of aliphatic carboxylic acids is 1. The van der Waals surface area contributed by atoms with Crippen molar-refractivity contribution in [1.29, 1.82) is 0 Å². The summed E-state index contributed by atoms with van der Waals surface area (Å²) >= 11 is 0. The number of rotatable bonds is 7. The van der Waals surface area contributed by atoms with Crippen molar-refractivity contribution in [1.82, 2.24) is 9.88 Å². The predicted octanol–water partition coefficient (Wildman–Crippen LogP) is 1.41. The van der Waals surface area contributed by atoms with Crippen LogP contribution < -0.4 is 5.32 Å². The van der Waals surface area contributed by atoms with Crippen LogP contribution in [0.5, 0.6) is 0 Å². The molecule has 1 amide bonds. The Labute approximate surface area is 121 Å². The summed E-state index contributed by atoms with van der Waals surface area (Å²) in [6, 6.07) is 1.16. The molecule has 0 aliphatic carbocycles. The van der Waals surface area contributed by atoms with E-state index in [1.807, 2.05) is 13.8 Å². The zero-order chi connectivity index (χ0) is 16.2. The molecule has 0 aliphatic heterocycles. The second kappa shape index (κ2) is 6.87. The first-order chi connectivity index (χ1) is 9.72. The fourth-order valence-electron chi connectivity index (χ4n) is 2.02. The molecule has 0 fully saturated rings. The van der Waals surface area contributed by atoms with Crippen LogP contribution in [0.25, 0.3) is 0 Å². The molecule has 1 rings (SSSR count). The molecule has 0 aromatic carbocycles. The molecular formula is C13H19N3O5. The molecule has 1 atom stereocenters. The van der Waals surface area contributed by atoms with Crippen LogP contribution in [-0.4, -0.2) is 33.0 Å². The average molecular weight is 297 g/mol. The Kier molecular flexibility index (Phi) is 5.45. The van der Waals surface area contributed by atoms with E-state index in [0.29, 0.717) is 6.42 Å². The molecule has 116 valence electrons. The number of carbonyl (C=O) groups is 2. The number of hydrogen-bond donors (Lipinski definition) is 2. The standard InChI is InChI=1S/C13H19N3O5/c1-8(2)4-9(13(18)19)6-14-12(17)11-5-10(16(20)21)7-15(11)3/h5,7-9H,4,6H2,1-3H3,(H,14,17)(H,18,19). The first kappa shape index (κ1) is 16.7. The van der Waals surface area contributed by atoms with Crippen molar-refractivity contribution >= 4 is 17.6 Å². The highest BCUT2D eigenvalue weighted by molar-refractivity contribution is 5.93. The summed E-state index contributed by atoms with van der Waals surface area (Å²) in [5.41, 5.74) is -0.0602. The molecule has 0 bridgehead atoms. The maximum Gasteiger partial charge on any atom is 0.308 e. The smallest absolute Gasteiger partial charge is 0.308 e. The van der Waals surface area contributed by atoms with Gasteiger partial charge in [-0.2, -0.15) is 0 Å². The summed E-state index contributed by atoms with van der Waals surface area (Å²) < 4.78 is 1.34. The molecule has 0 aliphatic rings. The molecule has 0 radical (unpaired) electrons. The van der Waals surface area contributed by atoms with Crippen molar-refractivity contribution in [2.45, 2.75) is 20.3 Å². The van der Waals surface area contributed by atoms with Gasteiger partial charge < -0.3 is 15.0 Å². The van der Waals surface area contributed by atoms with Crippen molar-refractivity contribution in [3.8, 4) is 0 Å². The van der Waals surface area contributed by atoms with Crippen molar-refractivity contribution in [3.63, 3.8) is 0 Å². The molecule has 1 heterocycles. The van der Waals surface area contributed by atoms with Gasteiger partial charge >= 0.3 is 5.97 Å². The molecule has 0 saturated carbocycles. The van der Waals surface area contributed by atoms with Gasteiger partial charge in [-0.15, -0.1) is 0 Å². The maximum absolute atomic E-state index is 12.0. The minimum absolute atomic E-state index is 0.00861. The van der Waals surface area contributed by atoms with Gasteiger partial charge in [0.1, 0.15) is 5.69 Å². The molecule has 1 aromatic heterocycles. The third-order valence-corrected chi connectivity index (χ3v) is 3.05. The van der Waals surface area contributed by atoms with Crippen molar-refractivity contribution in [3.05, 3.63) is 28.1 Å². The van der Waals surface area contributed by atoms with E-state index in [1.165, 1.54) is 17.8 Å². The minimum atomic E-state index is -0.970. The van der Waals surface area contributed by atoms with E-state index < -0.39 is 22.7 Å². The molecule has 1 unspecified atom stereocenters. The lowest BCUT2D eigenvalue weighted by molar-refractivity contribution is -0.384. The Balaban J connectivity index is 2.72. The number of carboxylic acids is 1. The summed E-state index contributed by atoms with van der Waals surface area (Å²) in [6.45, 7) is 3.79. The highest BCUT2D eigenvalue weighted by atomic mass is 16.6. The molecular weight excluding hydrogens is 278 g/mol. The lowest BCUT2D eigenvalue weighted by atomic mass is 9.97. The first-order valence-electron chi connectivity index (χ1n) is 6.54. The fourth-order valence-corrected chi connectivity index (χ4v) is 2.02. The normalized spacial score (nSPS) is 12.2. The lowest BCUT2D eigenvalue weighted by Gasteiger charge is -2.15. The van der Waals surface area contributed by atoms with Gasteiger partial charge in [-0.1, -0.05) is 13.8 Å². The molecule has 2 N–H and O–H groups in total. The Hall–Kier alpha value is -2.38.